The topological polar surface area (TPSA) is 64.6 Å². The molecule has 7 heteroatoms. The lowest BCUT2D eigenvalue weighted by molar-refractivity contribution is 0.244. The van der Waals surface area contributed by atoms with E-state index in [1.807, 2.05) is 0 Å². The maximum absolute atomic E-state index is 11.9. The van der Waals surface area contributed by atoms with E-state index in [1.165, 1.54) is 17.1 Å². The number of alkyl halides is 2. The van der Waals surface area contributed by atoms with Crippen molar-refractivity contribution in [1.29, 1.82) is 0 Å². The van der Waals surface area contributed by atoms with Crippen molar-refractivity contribution >= 4 is 34.9 Å². The molecule has 5 nitrogen and oxygen atoms in total. The van der Waals surface area contributed by atoms with Crippen LogP contribution in [0.2, 0.25) is 0 Å². The third-order valence-corrected chi connectivity index (χ3v) is 2.42. The SMILES string of the molecule is O=C(NCCCl)N(NCCCl)c1ccc(O)cc1. The molecule has 2 amide bonds. The molecule has 0 atom stereocenters. The number of rotatable bonds is 6. The second-order valence-corrected chi connectivity index (χ2v) is 4.13. The lowest BCUT2D eigenvalue weighted by atomic mass is 10.3. The Hall–Kier alpha value is -1.17. The Labute approximate surface area is 116 Å². The molecule has 100 valence electrons. The van der Waals surface area contributed by atoms with Crippen LogP contribution in [-0.2, 0) is 0 Å². The molecule has 0 saturated heterocycles. The van der Waals surface area contributed by atoms with Crippen LogP contribution in [0.15, 0.2) is 24.3 Å². The van der Waals surface area contributed by atoms with Crippen molar-refractivity contribution in [3.05, 3.63) is 24.3 Å². The summed E-state index contributed by atoms with van der Waals surface area (Å²) in [5.41, 5.74) is 3.48. The fraction of sp³-hybridized carbons (Fsp3) is 0.364. The number of carbonyl (C=O) groups excluding carboxylic acids is 1. The van der Waals surface area contributed by atoms with Crippen LogP contribution in [0.4, 0.5) is 10.5 Å². The van der Waals surface area contributed by atoms with Crippen LogP contribution in [-0.4, -0.2) is 36.0 Å². The number of aromatic hydroxyl groups is 1. The Morgan fingerprint density at radius 2 is 1.78 bits per heavy atom. The number of amides is 2. The van der Waals surface area contributed by atoms with E-state index >= 15 is 0 Å². The average molecular weight is 292 g/mol. The van der Waals surface area contributed by atoms with E-state index in [-0.39, 0.29) is 11.8 Å². The van der Waals surface area contributed by atoms with Gasteiger partial charge >= 0.3 is 6.03 Å². The number of urea groups is 1. The first-order valence-electron chi connectivity index (χ1n) is 5.41. The molecule has 1 aromatic carbocycles. The second kappa shape index (κ2) is 8.02. The summed E-state index contributed by atoms with van der Waals surface area (Å²) in [5, 5.41) is 13.2. The summed E-state index contributed by atoms with van der Waals surface area (Å²) < 4.78 is 0. The Balaban J connectivity index is 2.76. The van der Waals surface area contributed by atoms with Gasteiger partial charge in [-0.3, -0.25) is 0 Å². The average Bonchev–Trinajstić information content (AvgIpc) is 2.38. The molecule has 0 spiro atoms. The fourth-order valence-corrected chi connectivity index (χ4v) is 1.45. The third-order valence-electron chi connectivity index (χ3n) is 2.05. The summed E-state index contributed by atoms with van der Waals surface area (Å²) in [6.45, 7) is 0.814. The van der Waals surface area contributed by atoms with E-state index in [4.69, 9.17) is 23.2 Å². The highest BCUT2D eigenvalue weighted by Gasteiger charge is 2.14. The molecule has 18 heavy (non-hydrogen) atoms. The van der Waals surface area contributed by atoms with Crippen LogP contribution in [0.5, 0.6) is 5.75 Å². The Kier molecular flexibility index (Phi) is 6.64. The van der Waals surface area contributed by atoms with E-state index in [9.17, 15) is 9.90 Å². The van der Waals surface area contributed by atoms with Crippen molar-refractivity contribution < 1.29 is 9.90 Å². The Morgan fingerprint density at radius 3 is 2.33 bits per heavy atom. The number of benzene rings is 1. The minimum absolute atomic E-state index is 0.136. The predicted octanol–water partition coefficient (Wildman–Crippen LogP) is 1.89. The van der Waals surface area contributed by atoms with E-state index in [2.05, 4.69) is 10.7 Å². The standard InChI is InChI=1S/C11H15Cl2N3O2/c12-5-7-14-11(18)16(15-8-6-13)9-1-3-10(17)4-2-9/h1-4,15,17H,5-8H2,(H,14,18). The number of halogens is 2. The molecule has 1 rings (SSSR count). The smallest absolute Gasteiger partial charge is 0.336 e. The zero-order chi connectivity index (χ0) is 13.4. The highest BCUT2D eigenvalue weighted by Crippen LogP contribution is 2.17. The van der Waals surface area contributed by atoms with Gasteiger partial charge in [0, 0.05) is 24.8 Å². The van der Waals surface area contributed by atoms with Crippen molar-refractivity contribution in [2.45, 2.75) is 0 Å². The zero-order valence-corrected chi connectivity index (χ0v) is 11.2. The van der Waals surface area contributed by atoms with Crippen molar-refractivity contribution in [2.24, 2.45) is 0 Å². The number of nitrogens with one attached hydrogen (secondary N) is 2. The van der Waals surface area contributed by atoms with Gasteiger partial charge in [0.15, 0.2) is 0 Å². The summed E-state index contributed by atoms with van der Waals surface area (Å²) >= 11 is 11.1. The number of hydrogen-bond acceptors (Lipinski definition) is 3. The largest absolute Gasteiger partial charge is 0.508 e. The van der Waals surface area contributed by atoms with Crippen molar-refractivity contribution in [1.82, 2.24) is 10.7 Å². The second-order valence-electron chi connectivity index (χ2n) is 3.37. The van der Waals surface area contributed by atoms with Gasteiger partial charge in [-0.05, 0) is 24.3 Å². The van der Waals surface area contributed by atoms with Gasteiger partial charge in [-0.1, -0.05) is 0 Å². The Morgan fingerprint density at radius 1 is 1.17 bits per heavy atom. The molecule has 1 aromatic rings. The van der Waals surface area contributed by atoms with Crippen molar-refractivity contribution in [3.63, 3.8) is 0 Å². The highest BCUT2D eigenvalue weighted by atomic mass is 35.5. The first-order chi connectivity index (χ1) is 8.69. The molecule has 0 aliphatic carbocycles. The molecule has 0 aliphatic rings. The molecular weight excluding hydrogens is 277 g/mol. The number of hydrazine groups is 1. The summed E-state index contributed by atoms with van der Waals surface area (Å²) in [6.07, 6.45) is 0. The summed E-state index contributed by atoms with van der Waals surface area (Å²) in [4.78, 5) is 11.9. The van der Waals surface area contributed by atoms with E-state index in [0.29, 0.717) is 30.5 Å². The number of nitrogens with zero attached hydrogens (tertiary/aromatic N) is 1. The summed E-state index contributed by atoms with van der Waals surface area (Å²) in [7, 11) is 0. The summed E-state index contributed by atoms with van der Waals surface area (Å²) in [5.74, 6) is 0.847. The Bertz CT molecular complexity index is 373. The van der Waals surface area contributed by atoms with Crippen LogP contribution in [0.1, 0.15) is 0 Å². The van der Waals surface area contributed by atoms with Gasteiger partial charge in [0.1, 0.15) is 5.75 Å². The lowest BCUT2D eigenvalue weighted by Crippen LogP contribution is -2.49. The predicted molar refractivity (Wildman–Crippen MR) is 73.4 cm³/mol. The number of anilines is 1. The molecule has 0 radical (unpaired) electrons. The van der Waals surface area contributed by atoms with E-state index in [1.54, 1.807) is 12.1 Å². The van der Waals surface area contributed by atoms with Crippen molar-refractivity contribution in [3.8, 4) is 5.75 Å². The van der Waals surface area contributed by atoms with Crippen LogP contribution in [0, 0.1) is 0 Å². The third kappa shape index (κ3) is 4.60. The minimum Gasteiger partial charge on any atom is -0.508 e. The van der Waals surface area contributed by atoms with Crippen molar-refractivity contribution in [2.75, 3.05) is 29.9 Å². The first-order valence-corrected chi connectivity index (χ1v) is 6.48. The van der Waals surface area contributed by atoms with Gasteiger partial charge in [0.05, 0.1) is 5.69 Å². The van der Waals surface area contributed by atoms with Gasteiger partial charge < -0.3 is 10.4 Å². The first kappa shape index (κ1) is 14.9. The molecule has 0 saturated carbocycles. The van der Waals surface area contributed by atoms with Crippen LogP contribution in [0.25, 0.3) is 0 Å². The molecule has 0 fully saturated rings. The highest BCUT2D eigenvalue weighted by molar-refractivity contribution is 6.18. The lowest BCUT2D eigenvalue weighted by Gasteiger charge is -2.23. The monoisotopic (exact) mass is 291 g/mol. The molecule has 0 aromatic heterocycles. The van der Waals surface area contributed by atoms with Crippen LogP contribution in [0.3, 0.4) is 0 Å². The summed E-state index contributed by atoms with van der Waals surface area (Å²) in [6, 6.07) is 5.92. The molecule has 0 aliphatic heterocycles. The minimum atomic E-state index is -0.327. The molecule has 0 bridgehead atoms. The van der Waals surface area contributed by atoms with Crippen LogP contribution >= 0.6 is 23.2 Å². The van der Waals surface area contributed by atoms with E-state index < -0.39 is 0 Å². The molecule has 0 unspecified atom stereocenters. The van der Waals surface area contributed by atoms with Gasteiger partial charge in [-0.2, -0.15) is 0 Å². The number of hydrogen-bond donors (Lipinski definition) is 3. The maximum atomic E-state index is 11.9. The zero-order valence-electron chi connectivity index (χ0n) is 9.70. The van der Waals surface area contributed by atoms with E-state index in [0.717, 1.165) is 0 Å². The fourth-order valence-electron chi connectivity index (χ4n) is 1.27. The number of phenols is 1. The number of carbonyl (C=O) groups is 1. The molecule has 3 N–H and O–H groups in total. The van der Waals surface area contributed by atoms with Gasteiger partial charge in [-0.25, -0.2) is 15.2 Å². The maximum Gasteiger partial charge on any atom is 0.336 e. The van der Waals surface area contributed by atoms with Gasteiger partial charge in [-0.15, -0.1) is 23.2 Å². The number of phenolic OH excluding ortho intramolecular Hbond substituents is 1. The normalized spacial score (nSPS) is 10.1. The van der Waals surface area contributed by atoms with Crippen LogP contribution < -0.4 is 15.8 Å². The molecule has 0 heterocycles. The quantitative estimate of drug-likeness (QED) is 0.554. The van der Waals surface area contributed by atoms with Gasteiger partial charge in [0.2, 0.25) is 0 Å². The molecular formula is C11H15Cl2N3O2. The van der Waals surface area contributed by atoms with Gasteiger partial charge in [0.25, 0.3) is 0 Å².